The molecular weight excluding hydrogens is 312 g/mol. The van der Waals surface area contributed by atoms with E-state index in [0.717, 1.165) is 29.9 Å². The molecule has 0 N–H and O–H groups in total. The lowest BCUT2D eigenvalue weighted by atomic mass is 9.88. The fourth-order valence-electron chi connectivity index (χ4n) is 2.65. The van der Waals surface area contributed by atoms with Crippen LogP contribution < -0.4 is 4.74 Å². The fraction of sp³-hybridized carbons (Fsp3) is 0.409. The molecule has 0 unspecified atom stereocenters. The third-order valence-corrected chi connectivity index (χ3v) is 4.39. The molecule has 3 heteroatoms. The maximum Gasteiger partial charge on any atom is 0.306 e. The van der Waals surface area contributed by atoms with Crippen LogP contribution in [0.25, 0.3) is 0 Å². The predicted molar refractivity (Wildman–Crippen MR) is 101 cm³/mol. The first-order valence-corrected chi connectivity index (χ1v) is 9.07. The van der Waals surface area contributed by atoms with Crippen LogP contribution in [0.5, 0.6) is 5.75 Å². The lowest BCUT2D eigenvalue weighted by Gasteiger charge is -2.18. The Bertz CT molecular complexity index is 634. The van der Waals surface area contributed by atoms with E-state index >= 15 is 0 Å². The summed E-state index contributed by atoms with van der Waals surface area (Å²) in [5.41, 5.74) is 2.21. The Labute approximate surface area is 151 Å². The summed E-state index contributed by atoms with van der Waals surface area (Å²) in [5.74, 6) is 1.23. The lowest BCUT2D eigenvalue weighted by Crippen LogP contribution is -2.12. The van der Waals surface area contributed by atoms with Gasteiger partial charge in [0.25, 0.3) is 0 Å². The van der Waals surface area contributed by atoms with Gasteiger partial charge in [-0.3, -0.25) is 4.79 Å². The van der Waals surface area contributed by atoms with Crippen LogP contribution >= 0.6 is 0 Å². The Morgan fingerprint density at radius 2 is 1.60 bits per heavy atom. The van der Waals surface area contributed by atoms with Crippen molar-refractivity contribution in [2.45, 2.75) is 39.5 Å². The first kappa shape index (κ1) is 19.0. The van der Waals surface area contributed by atoms with Gasteiger partial charge in [0, 0.05) is 5.92 Å². The molecular formula is C22H28O3. The zero-order valence-corrected chi connectivity index (χ0v) is 15.4. The molecule has 2 aromatic rings. The largest absolute Gasteiger partial charge is 0.493 e. The second kappa shape index (κ2) is 9.87. The highest BCUT2D eigenvalue weighted by molar-refractivity contribution is 5.71. The minimum absolute atomic E-state index is 0.0103. The molecule has 3 nitrogen and oxygen atoms in total. The molecule has 0 amide bonds. The third kappa shape index (κ3) is 5.93. The molecule has 0 fully saturated rings. The Kier molecular flexibility index (Phi) is 7.52. The summed E-state index contributed by atoms with van der Waals surface area (Å²) in [6, 6.07) is 18.1. The van der Waals surface area contributed by atoms with Gasteiger partial charge in [-0.1, -0.05) is 62.7 Å². The molecule has 2 rings (SSSR count). The molecule has 0 aliphatic carbocycles. The van der Waals surface area contributed by atoms with E-state index in [1.165, 1.54) is 0 Å². The Morgan fingerprint density at radius 3 is 2.20 bits per heavy atom. The lowest BCUT2D eigenvalue weighted by molar-refractivity contribution is -0.143. The van der Waals surface area contributed by atoms with E-state index in [9.17, 15) is 4.79 Å². The van der Waals surface area contributed by atoms with Crippen molar-refractivity contribution in [2.75, 3.05) is 13.2 Å². The maximum absolute atomic E-state index is 12.0. The van der Waals surface area contributed by atoms with Crippen molar-refractivity contribution in [1.29, 1.82) is 0 Å². The van der Waals surface area contributed by atoms with Crippen LogP contribution in [-0.2, 0) is 9.53 Å². The molecule has 0 aliphatic rings. The second-order valence-electron chi connectivity index (χ2n) is 6.37. The summed E-state index contributed by atoms with van der Waals surface area (Å²) in [6.45, 7) is 7.30. The van der Waals surface area contributed by atoms with E-state index < -0.39 is 0 Å². The normalized spacial score (nSPS) is 13.1. The standard InChI is InChI=1S/C22H28O3/c1-4-17(3)16-25-20-13-11-19(12-14-20)21(15-22(23)24-5-2)18-9-7-6-8-10-18/h6-14,17,21H,4-5,15-16H2,1-3H3/t17-,21+/m1/s1. The molecule has 0 aliphatic heterocycles. The van der Waals surface area contributed by atoms with Crippen LogP contribution in [0.4, 0.5) is 0 Å². The molecule has 0 radical (unpaired) electrons. The smallest absolute Gasteiger partial charge is 0.306 e. The molecule has 0 aromatic heterocycles. The van der Waals surface area contributed by atoms with E-state index in [0.29, 0.717) is 18.9 Å². The SMILES string of the molecule is CCOC(=O)C[C@@H](c1ccccc1)c1ccc(OC[C@H](C)CC)cc1. The summed E-state index contributed by atoms with van der Waals surface area (Å²) < 4.78 is 11.0. The number of hydrogen-bond donors (Lipinski definition) is 0. The molecule has 0 saturated carbocycles. The van der Waals surface area contributed by atoms with Gasteiger partial charge in [0.2, 0.25) is 0 Å². The van der Waals surface area contributed by atoms with Crippen LogP contribution in [0, 0.1) is 5.92 Å². The van der Waals surface area contributed by atoms with E-state index in [2.05, 4.69) is 26.0 Å². The highest BCUT2D eigenvalue weighted by Gasteiger charge is 2.19. The van der Waals surface area contributed by atoms with Crippen LogP contribution in [0.1, 0.15) is 50.7 Å². The predicted octanol–water partition coefficient (Wildman–Crippen LogP) is 5.20. The molecule has 0 heterocycles. The topological polar surface area (TPSA) is 35.5 Å². The minimum Gasteiger partial charge on any atom is -0.493 e. The molecule has 2 aromatic carbocycles. The number of hydrogen-bond acceptors (Lipinski definition) is 3. The maximum atomic E-state index is 12.0. The summed E-state index contributed by atoms with van der Waals surface area (Å²) in [5, 5.41) is 0. The molecule has 25 heavy (non-hydrogen) atoms. The number of carbonyl (C=O) groups is 1. The van der Waals surface area contributed by atoms with Crippen LogP contribution in [0.3, 0.4) is 0 Å². The Hall–Kier alpha value is -2.29. The molecule has 0 bridgehead atoms. The molecule has 0 spiro atoms. The number of carbonyl (C=O) groups excluding carboxylic acids is 1. The minimum atomic E-state index is -0.173. The highest BCUT2D eigenvalue weighted by Crippen LogP contribution is 2.29. The van der Waals surface area contributed by atoms with Crippen molar-refractivity contribution in [3.05, 3.63) is 65.7 Å². The first-order valence-electron chi connectivity index (χ1n) is 9.07. The third-order valence-electron chi connectivity index (χ3n) is 4.39. The van der Waals surface area contributed by atoms with Crippen molar-refractivity contribution in [2.24, 2.45) is 5.92 Å². The average Bonchev–Trinajstić information content (AvgIpc) is 2.65. The van der Waals surface area contributed by atoms with Crippen LogP contribution in [0.15, 0.2) is 54.6 Å². The molecule has 134 valence electrons. The van der Waals surface area contributed by atoms with E-state index in [1.54, 1.807) is 0 Å². The van der Waals surface area contributed by atoms with Gasteiger partial charge in [0.05, 0.1) is 19.6 Å². The van der Waals surface area contributed by atoms with E-state index in [4.69, 9.17) is 9.47 Å². The van der Waals surface area contributed by atoms with E-state index in [-0.39, 0.29) is 11.9 Å². The van der Waals surface area contributed by atoms with Gasteiger partial charge in [-0.05, 0) is 36.1 Å². The van der Waals surface area contributed by atoms with Crippen molar-refractivity contribution in [1.82, 2.24) is 0 Å². The van der Waals surface area contributed by atoms with Crippen molar-refractivity contribution >= 4 is 5.97 Å². The summed E-state index contributed by atoms with van der Waals surface area (Å²) in [4.78, 5) is 12.0. The van der Waals surface area contributed by atoms with Gasteiger partial charge in [0.15, 0.2) is 0 Å². The molecule has 0 saturated heterocycles. The zero-order chi connectivity index (χ0) is 18.1. The summed E-state index contributed by atoms with van der Waals surface area (Å²) in [6.07, 6.45) is 1.44. The Balaban J connectivity index is 2.15. The average molecular weight is 340 g/mol. The molecule has 2 atom stereocenters. The van der Waals surface area contributed by atoms with Gasteiger partial charge in [-0.25, -0.2) is 0 Å². The van der Waals surface area contributed by atoms with Gasteiger partial charge in [-0.2, -0.15) is 0 Å². The number of benzene rings is 2. The number of ether oxygens (including phenoxy) is 2. The highest BCUT2D eigenvalue weighted by atomic mass is 16.5. The number of rotatable bonds is 9. The van der Waals surface area contributed by atoms with Gasteiger partial charge in [-0.15, -0.1) is 0 Å². The number of esters is 1. The fourth-order valence-corrected chi connectivity index (χ4v) is 2.65. The van der Waals surface area contributed by atoms with Crippen LogP contribution in [0.2, 0.25) is 0 Å². The summed E-state index contributed by atoms with van der Waals surface area (Å²) >= 11 is 0. The van der Waals surface area contributed by atoms with Gasteiger partial charge in [0.1, 0.15) is 5.75 Å². The van der Waals surface area contributed by atoms with Crippen molar-refractivity contribution in [3.63, 3.8) is 0 Å². The summed E-state index contributed by atoms with van der Waals surface area (Å²) in [7, 11) is 0. The van der Waals surface area contributed by atoms with Crippen LogP contribution in [-0.4, -0.2) is 19.2 Å². The van der Waals surface area contributed by atoms with Gasteiger partial charge < -0.3 is 9.47 Å². The quantitative estimate of drug-likeness (QED) is 0.589. The zero-order valence-electron chi connectivity index (χ0n) is 15.4. The second-order valence-corrected chi connectivity index (χ2v) is 6.37. The van der Waals surface area contributed by atoms with E-state index in [1.807, 2.05) is 49.4 Å². The van der Waals surface area contributed by atoms with Crippen molar-refractivity contribution < 1.29 is 14.3 Å². The van der Waals surface area contributed by atoms with Gasteiger partial charge >= 0.3 is 5.97 Å². The first-order chi connectivity index (χ1) is 12.1. The Morgan fingerprint density at radius 1 is 0.960 bits per heavy atom. The monoisotopic (exact) mass is 340 g/mol. The van der Waals surface area contributed by atoms with Crippen molar-refractivity contribution in [3.8, 4) is 5.75 Å².